The van der Waals surface area contributed by atoms with Crippen molar-refractivity contribution in [1.29, 1.82) is 0 Å². The Hall–Kier alpha value is -3.05. The van der Waals surface area contributed by atoms with Gasteiger partial charge in [0.15, 0.2) is 0 Å². The number of hydrogen-bond donors (Lipinski definition) is 2. The minimum absolute atomic E-state index is 0.133. The molecule has 30 heavy (non-hydrogen) atoms. The van der Waals surface area contributed by atoms with Crippen molar-refractivity contribution in [3.63, 3.8) is 0 Å². The zero-order valence-corrected chi connectivity index (χ0v) is 17.2. The van der Waals surface area contributed by atoms with E-state index in [2.05, 4.69) is 10.3 Å². The summed E-state index contributed by atoms with van der Waals surface area (Å²) in [4.78, 5) is 17.6. The van der Waals surface area contributed by atoms with Crippen LogP contribution in [-0.4, -0.2) is 16.0 Å². The van der Waals surface area contributed by atoms with Crippen molar-refractivity contribution in [3.05, 3.63) is 88.5 Å². The summed E-state index contributed by atoms with van der Waals surface area (Å²) in [6.07, 6.45) is 3.91. The molecule has 3 aromatic rings. The largest absolute Gasteiger partial charge is 0.392 e. The average Bonchev–Trinajstić information content (AvgIpc) is 3.56. The van der Waals surface area contributed by atoms with Crippen LogP contribution in [0.15, 0.2) is 54.7 Å². The number of carbonyl (C=O) groups excluding carboxylic acids is 1. The van der Waals surface area contributed by atoms with Crippen LogP contribution in [-0.2, 0) is 6.61 Å². The first-order valence-electron chi connectivity index (χ1n) is 10.2. The number of nitrogens with zero attached hydrogens (tertiary/aromatic N) is 1. The van der Waals surface area contributed by atoms with E-state index < -0.39 is 0 Å². The third-order valence-corrected chi connectivity index (χ3v) is 5.57. The molecule has 4 rings (SSSR count). The Bertz CT molecular complexity index is 1090. The van der Waals surface area contributed by atoms with Crippen molar-refractivity contribution >= 4 is 5.91 Å². The minimum atomic E-state index is -0.301. The molecule has 1 aliphatic rings. The topological polar surface area (TPSA) is 62.2 Å². The van der Waals surface area contributed by atoms with Crippen LogP contribution < -0.4 is 5.32 Å². The zero-order valence-electron chi connectivity index (χ0n) is 17.2. The van der Waals surface area contributed by atoms with E-state index in [1.54, 1.807) is 24.4 Å². The minimum Gasteiger partial charge on any atom is -0.392 e. The number of aryl methyl sites for hydroxylation is 2. The summed E-state index contributed by atoms with van der Waals surface area (Å²) in [6, 6.07) is 13.7. The van der Waals surface area contributed by atoms with E-state index >= 15 is 0 Å². The van der Waals surface area contributed by atoms with E-state index in [-0.39, 0.29) is 24.4 Å². The van der Waals surface area contributed by atoms with Gasteiger partial charge in [0.25, 0.3) is 5.91 Å². The molecule has 1 aromatic heterocycles. The number of halogens is 1. The van der Waals surface area contributed by atoms with Gasteiger partial charge in [-0.25, -0.2) is 4.39 Å². The molecule has 0 radical (unpaired) electrons. The van der Waals surface area contributed by atoms with Gasteiger partial charge in [-0.3, -0.25) is 9.78 Å². The summed E-state index contributed by atoms with van der Waals surface area (Å²) in [6.45, 7) is 3.66. The first-order chi connectivity index (χ1) is 14.4. The first kappa shape index (κ1) is 20.2. The van der Waals surface area contributed by atoms with Gasteiger partial charge in [0.2, 0.25) is 0 Å². The molecule has 1 saturated carbocycles. The second-order valence-electron chi connectivity index (χ2n) is 8.08. The second-order valence-corrected chi connectivity index (χ2v) is 8.08. The molecule has 0 spiro atoms. The molecule has 4 nitrogen and oxygen atoms in total. The molecular formula is C25H25FN2O2. The van der Waals surface area contributed by atoms with Crippen LogP contribution >= 0.6 is 0 Å². The Labute approximate surface area is 175 Å². The molecule has 0 aliphatic heterocycles. The standard InChI is InChI=1S/C25H25FN2O2/c1-15-7-8-27-23(9-15)24(18-3-4-18)28-25(30)20-12-17(14-29)11-19(13-20)22-6-5-21(26)10-16(22)2/h5-13,18,24,29H,3-4,14H2,1-2H3,(H,28,30). The molecule has 5 heteroatoms. The van der Waals surface area contributed by atoms with Gasteiger partial charge in [0.05, 0.1) is 18.3 Å². The molecule has 1 atom stereocenters. The molecule has 1 unspecified atom stereocenters. The van der Waals surface area contributed by atoms with Crippen molar-refractivity contribution < 1.29 is 14.3 Å². The Morgan fingerprint density at radius 3 is 2.63 bits per heavy atom. The van der Waals surface area contributed by atoms with Gasteiger partial charge >= 0.3 is 0 Å². The molecule has 0 saturated heterocycles. The van der Waals surface area contributed by atoms with E-state index in [1.165, 1.54) is 12.1 Å². The van der Waals surface area contributed by atoms with E-state index in [0.717, 1.165) is 40.8 Å². The van der Waals surface area contributed by atoms with Crippen molar-refractivity contribution in [2.45, 2.75) is 39.3 Å². The second kappa shape index (κ2) is 8.36. The van der Waals surface area contributed by atoms with Crippen LogP contribution in [0, 0.1) is 25.6 Å². The van der Waals surface area contributed by atoms with Gasteiger partial charge < -0.3 is 10.4 Å². The number of rotatable bonds is 6. The van der Waals surface area contributed by atoms with Gasteiger partial charge in [0.1, 0.15) is 5.82 Å². The normalized spacial score (nSPS) is 14.4. The summed E-state index contributed by atoms with van der Waals surface area (Å²) in [7, 11) is 0. The molecule has 1 aliphatic carbocycles. The van der Waals surface area contributed by atoms with Gasteiger partial charge in [-0.2, -0.15) is 0 Å². The quantitative estimate of drug-likeness (QED) is 0.616. The predicted molar refractivity (Wildman–Crippen MR) is 114 cm³/mol. The number of benzene rings is 2. The number of pyridine rings is 1. The lowest BCUT2D eigenvalue weighted by molar-refractivity contribution is 0.0930. The third-order valence-electron chi connectivity index (χ3n) is 5.57. The Kier molecular flexibility index (Phi) is 5.64. The highest BCUT2D eigenvalue weighted by Crippen LogP contribution is 2.40. The van der Waals surface area contributed by atoms with E-state index in [4.69, 9.17) is 0 Å². The van der Waals surface area contributed by atoms with Crippen LogP contribution in [0.5, 0.6) is 0 Å². The SMILES string of the molecule is Cc1ccnc(C(NC(=O)c2cc(CO)cc(-c3ccc(F)cc3C)c2)C2CC2)c1. The van der Waals surface area contributed by atoms with Crippen molar-refractivity contribution in [2.75, 3.05) is 0 Å². The highest BCUT2D eigenvalue weighted by Gasteiger charge is 2.34. The number of hydrogen-bond acceptors (Lipinski definition) is 3. The summed E-state index contributed by atoms with van der Waals surface area (Å²) >= 11 is 0. The molecule has 1 heterocycles. The van der Waals surface area contributed by atoms with E-state index in [1.807, 2.05) is 32.0 Å². The lowest BCUT2D eigenvalue weighted by Gasteiger charge is -2.19. The maximum Gasteiger partial charge on any atom is 0.251 e. The molecular weight excluding hydrogens is 379 g/mol. The zero-order chi connectivity index (χ0) is 21.3. The number of aliphatic hydroxyl groups excluding tert-OH is 1. The molecule has 0 bridgehead atoms. The highest BCUT2D eigenvalue weighted by molar-refractivity contribution is 5.96. The molecule has 2 aromatic carbocycles. The van der Waals surface area contributed by atoms with Crippen LogP contribution in [0.4, 0.5) is 4.39 Å². The molecule has 2 N–H and O–H groups in total. The lowest BCUT2D eigenvalue weighted by atomic mass is 9.96. The Morgan fingerprint density at radius 1 is 1.17 bits per heavy atom. The summed E-state index contributed by atoms with van der Waals surface area (Å²) in [5.74, 6) is -0.111. The van der Waals surface area contributed by atoms with Crippen molar-refractivity contribution in [2.24, 2.45) is 5.92 Å². The van der Waals surface area contributed by atoms with E-state index in [9.17, 15) is 14.3 Å². The number of nitrogens with one attached hydrogen (secondary N) is 1. The fourth-order valence-electron chi connectivity index (χ4n) is 3.84. The fourth-order valence-corrected chi connectivity index (χ4v) is 3.84. The number of carbonyl (C=O) groups is 1. The van der Waals surface area contributed by atoms with Crippen molar-refractivity contribution in [3.8, 4) is 11.1 Å². The average molecular weight is 404 g/mol. The third kappa shape index (κ3) is 4.41. The summed E-state index contributed by atoms with van der Waals surface area (Å²) < 4.78 is 13.5. The first-order valence-corrected chi connectivity index (χ1v) is 10.2. The summed E-state index contributed by atoms with van der Waals surface area (Å²) in [5.41, 5.74) is 5.48. The van der Waals surface area contributed by atoms with Crippen LogP contribution in [0.3, 0.4) is 0 Å². The maximum absolute atomic E-state index is 13.5. The lowest BCUT2D eigenvalue weighted by Crippen LogP contribution is -2.30. The van der Waals surface area contributed by atoms with Gasteiger partial charge in [-0.1, -0.05) is 6.07 Å². The van der Waals surface area contributed by atoms with Gasteiger partial charge in [0, 0.05) is 11.8 Å². The van der Waals surface area contributed by atoms with Crippen LogP contribution in [0.1, 0.15) is 51.6 Å². The maximum atomic E-state index is 13.5. The number of aromatic nitrogens is 1. The fraction of sp³-hybridized carbons (Fsp3) is 0.280. The predicted octanol–water partition coefficient (Wildman–Crippen LogP) is 4.88. The molecule has 154 valence electrons. The highest BCUT2D eigenvalue weighted by atomic mass is 19.1. The Balaban J connectivity index is 1.66. The van der Waals surface area contributed by atoms with Crippen LogP contribution in [0.25, 0.3) is 11.1 Å². The summed E-state index contributed by atoms with van der Waals surface area (Å²) in [5, 5.41) is 12.9. The monoisotopic (exact) mass is 404 g/mol. The number of amides is 1. The smallest absolute Gasteiger partial charge is 0.251 e. The Morgan fingerprint density at radius 2 is 1.97 bits per heavy atom. The van der Waals surface area contributed by atoms with Crippen LogP contribution in [0.2, 0.25) is 0 Å². The van der Waals surface area contributed by atoms with Gasteiger partial charge in [-0.05, 0) is 103 Å². The number of aliphatic hydroxyl groups is 1. The van der Waals surface area contributed by atoms with Gasteiger partial charge in [-0.15, -0.1) is 0 Å². The molecule has 1 fully saturated rings. The van der Waals surface area contributed by atoms with Crippen molar-refractivity contribution in [1.82, 2.24) is 10.3 Å². The molecule has 1 amide bonds. The van der Waals surface area contributed by atoms with E-state index in [0.29, 0.717) is 17.0 Å².